The third kappa shape index (κ3) is 5.49. The number of hydrogen-bond acceptors (Lipinski definition) is 4. The number of amides is 1. The maximum absolute atomic E-state index is 12.3. The van der Waals surface area contributed by atoms with Gasteiger partial charge in [-0.3, -0.25) is 4.79 Å². The first-order valence-corrected chi connectivity index (χ1v) is 9.99. The fourth-order valence-electron chi connectivity index (χ4n) is 3.08. The van der Waals surface area contributed by atoms with Gasteiger partial charge in [-0.05, 0) is 45.6 Å². The number of benzene rings is 1. The smallest absolute Gasteiger partial charge is 0.494 e. The Morgan fingerprint density at radius 3 is 2.37 bits per heavy atom. The third-order valence-electron chi connectivity index (χ3n) is 5.53. The lowest BCUT2D eigenvalue weighted by molar-refractivity contribution is -0.120. The molecule has 150 valence electrons. The van der Waals surface area contributed by atoms with E-state index in [1.54, 1.807) is 7.11 Å². The van der Waals surface area contributed by atoms with Gasteiger partial charge < -0.3 is 19.4 Å². The van der Waals surface area contributed by atoms with E-state index in [1.165, 1.54) is 12.8 Å². The summed E-state index contributed by atoms with van der Waals surface area (Å²) in [5.41, 5.74) is 0.956. The molecule has 2 rings (SSSR count). The van der Waals surface area contributed by atoms with Crippen LogP contribution in [0.2, 0.25) is 0 Å². The maximum Gasteiger partial charge on any atom is 0.494 e. The first-order chi connectivity index (χ1) is 12.7. The van der Waals surface area contributed by atoms with E-state index >= 15 is 0 Å². The van der Waals surface area contributed by atoms with Crippen molar-refractivity contribution in [1.29, 1.82) is 0 Å². The van der Waals surface area contributed by atoms with E-state index in [0.29, 0.717) is 5.75 Å². The molecular weight excluding hydrogens is 341 g/mol. The van der Waals surface area contributed by atoms with E-state index in [9.17, 15) is 4.79 Å². The summed E-state index contributed by atoms with van der Waals surface area (Å²) in [4.78, 5) is 12.3. The van der Waals surface area contributed by atoms with Crippen LogP contribution in [0.15, 0.2) is 18.2 Å². The molecule has 1 aromatic carbocycles. The summed E-state index contributed by atoms with van der Waals surface area (Å²) < 4.78 is 17.7. The Balaban J connectivity index is 2.04. The maximum atomic E-state index is 12.3. The number of carbonyl (C=O) groups is 1. The van der Waals surface area contributed by atoms with Crippen molar-refractivity contribution in [3.8, 4) is 5.75 Å². The highest BCUT2D eigenvalue weighted by Crippen LogP contribution is 2.36. The summed E-state index contributed by atoms with van der Waals surface area (Å²) in [6, 6.07) is 5.77. The molecule has 1 amide bonds. The van der Waals surface area contributed by atoms with Crippen LogP contribution in [0.25, 0.3) is 0 Å². The van der Waals surface area contributed by atoms with E-state index < -0.39 is 18.3 Å². The van der Waals surface area contributed by atoms with E-state index in [0.717, 1.165) is 30.4 Å². The molecular formula is C21H34BNO4. The predicted octanol–water partition coefficient (Wildman–Crippen LogP) is 3.23. The molecule has 5 nitrogen and oxygen atoms in total. The first kappa shape index (κ1) is 21.8. The molecule has 1 fully saturated rings. The summed E-state index contributed by atoms with van der Waals surface area (Å²) in [6.07, 6.45) is 4.85. The van der Waals surface area contributed by atoms with Gasteiger partial charge in [0.05, 0.1) is 24.7 Å². The number of hydrogen-bond donors (Lipinski definition) is 1. The van der Waals surface area contributed by atoms with Gasteiger partial charge in [-0.1, -0.05) is 38.3 Å². The van der Waals surface area contributed by atoms with Crippen LogP contribution in [0.5, 0.6) is 5.75 Å². The van der Waals surface area contributed by atoms with Gasteiger partial charge >= 0.3 is 7.12 Å². The summed E-state index contributed by atoms with van der Waals surface area (Å²) in [5.74, 6) is 0.715. The summed E-state index contributed by atoms with van der Waals surface area (Å²) in [7, 11) is 1.17. The fourth-order valence-corrected chi connectivity index (χ4v) is 3.08. The van der Waals surface area contributed by atoms with Crippen molar-refractivity contribution in [1.82, 2.24) is 5.32 Å². The molecule has 0 unspecified atom stereocenters. The second-order valence-corrected chi connectivity index (χ2v) is 8.25. The minimum absolute atomic E-state index is 0.0101. The minimum Gasteiger partial charge on any atom is -0.496 e. The molecule has 6 heteroatoms. The lowest BCUT2D eigenvalue weighted by Gasteiger charge is -2.32. The summed E-state index contributed by atoms with van der Waals surface area (Å²) in [5, 5.41) is 3.00. The molecule has 1 aliphatic heterocycles. The van der Waals surface area contributed by atoms with Crippen molar-refractivity contribution in [2.75, 3.05) is 13.7 Å². The van der Waals surface area contributed by atoms with Crippen LogP contribution in [0.4, 0.5) is 0 Å². The SMILES string of the molecule is CCCCCCNC(=O)Cc1cc(B2OC(C)(C)C(C)(C)O2)ccc1OC. The molecule has 0 saturated carbocycles. The average molecular weight is 375 g/mol. The van der Waals surface area contributed by atoms with E-state index in [2.05, 4.69) is 12.2 Å². The predicted molar refractivity (Wildman–Crippen MR) is 110 cm³/mol. The molecule has 1 saturated heterocycles. The van der Waals surface area contributed by atoms with Crippen LogP contribution >= 0.6 is 0 Å². The molecule has 0 atom stereocenters. The van der Waals surface area contributed by atoms with Gasteiger partial charge in [0.15, 0.2) is 0 Å². The molecule has 27 heavy (non-hydrogen) atoms. The highest BCUT2D eigenvalue weighted by atomic mass is 16.7. The summed E-state index contributed by atoms with van der Waals surface area (Å²) in [6.45, 7) is 11.0. The zero-order valence-electron chi connectivity index (χ0n) is 17.7. The van der Waals surface area contributed by atoms with Crippen molar-refractivity contribution in [3.05, 3.63) is 23.8 Å². The lowest BCUT2D eigenvalue weighted by Crippen LogP contribution is -2.41. The standard InChI is InChI=1S/C21H34BNO4/c1-7-8-9-10-13-23-19(24)15-16-14-17(11-12-18(16)25-6)22-26-20(2,3)21(4,5)27-22/h11-12,14H,7-10,13,15H2,1-6H3,(H,23,24). The highest BCUT2D eigenvalue weighted by Gasteiger charge is 2.51. The quantitative estimate of drug-likeness (QED) is 0.532. The average Bonchev–Trinajstić information content (AvgIpc) is 2.82. The second-order valence-electron chi connectivity index (χ2n) is 8.25. The number of ether oxygens (including phenoxy) is 1. The van der Waals surface area contributed by atoms with Gasteiger partial charge in [0, 0.05) is 12.1 Å². The molecule has 1 aromatic rings. The van der Waals surface area contributed by atoms with E-state index in [4.69, 9.17) is 14.0 Å². The number of methoxy groups -OCH3 is 1. The van der Waals surface area contributed by atoms with Crippen LogP contribution in [-0.2, 0) is 20.5 Å². The Bertz CT molecular complexity index is 629. The van der Waals surface area contributed by atoms with Crippen molar-refractivity contribution < 1.29 is 18.8 Å². The van der Waals surface area contributed by atoms with Crippen LogP contribution in [0.3, 0.4) is 0 Å². The number of carbonyl (C=O) groups excluding carboxylic acids is 1. The Labute approximate surface area is 164 Å². The molecule has 1 N–H and O–H groups in total. The molecule has 0 aliphatic carbocycles. The topological polar surface area (TPSA) is 56.8 Å². The van der Waals surface area contributed by atoms with Crippen molar-refractivity contribution in [2.24, 2.45) is 0 Å². The molecule has 1 aliphatic rings. The van der Waals surface area contributed by atoms with Gasteiger partial charge in [0.1, 0.15) is 5.75 Å². The Morgan fingerprint density at radius 2 is 1.78 bits per heavy atom. The lowest BCUT2D eigenvalue weighted by atomic mass is 9.78. The van der Waals surface area contributed by atoms with Gasteiger partial charge in [-0.15, -0.1) is 0 Å². The zero-order chi connectivity index (χ0) is 20.1. The number of rotatable bonds is 9. The monoisotopic (exact) mass is 375 g/mol. The largest absolute Gasteiger partial charge is 0.496 e. The van der Waals surface area contributed by atoms with Crippen molar-refractivity contribution >= 4 is 18.5 Å². The van der Waals surface area contributed by atoms with Crippen molar-refractivity contribution in [2.45, 2.75) is 77.9 Å². The van der Waals surface area contributed by atoms with Crippen LogP contribution in [-0.4, -0.2) is 37.9 Å². The third-order valence-corrected chi connectivity index (χ3v) is 5.53. The molecule has 0 spiro atoms. The summed E-state index contributed by atoms with van der Waals surface area (Å²) >= 11 is 0. The van der Waals surface area contributed by atoms with E-state index in [1.807, 2.05) is 45.9 Å². The molecule has 0 radical (unpaired) electrons. The van der Waals surface area contributed by atoms with Crippen LogP contribution in [0, 0.1) is 0 Å². The Kier molecular flexibility index (Phi) is 7.35. The number of nitrogens with one attached hydrogen (secondary N) is 1. The van der Waals surface area contributed by atoms with Gasteiger partial charge in [-0.2, -0.15) is 0 Å². The number of unbranched alkanes of at least 4 members (excludes halogenated alkanes) is 3. The minimum atomic E-state index is -0.447. The van der Waals surface area contributed by atoms with Gasteiger partial charge in [-0.25, -0.2) is 0 Å². The zero-order valence-corrected chi connectivity index (χ0v) is 17.7. The Hall–Kier alpha value is -1.53. The molecule has 0 bridgehead atoms. The van der Waals surface area contributed by atoms with Crippen molar-refractivity contribution in [3.63, 3.8) is 0 Å². The van der Waals surface area contributed by atoms with Crippen LogP contribution in [0.1, 0.15) is 65.9 Å². The van der Waals surface area contributed by atoms with Gasteiger partial charge in [0.2, 0.25) is 5.91 Å². The van der Waals surface area contributed by atoms with E-state index in [-0.39, 0.29) is 12.3 Å². The first-order valence-electron chi connectivity index (χ1n) is 9.99. The molecule has 0 aromatic heterocycles. The van der Waals surface area contributed by atoms with Gasteiger partial charge in [0.25, 0.3) is 0 Å². The highest BCUT2D eigenvalue weighted by molar-refractivity contribution is 6.62. The van der Waals surface area contributed by atoms with Crippen LogP contribution < -0.4 is 15.5 Å². The Morgan fingerprint density at radius 1 is 1.11 bits per heavy atom. The molecule has 1 heterocycles. The fraction of sp³-hybridized carbons (Fsp3) is 0.667. The second kappa shape index (κ2) is 9.11. The normalized spacial score (nSPS) is 17.8.